The minimum atomic E-state index is 0.160. The zero-order chi connectivity index (χ0) is 20.5. The van der Waals surface area contributed by atoms with Crippen LogP contribution in [0.3, 0.4) is 0 Å². The molecule has 2 heteroatoms. The molecule has 1 aliphatic carbocycles. The first kappa shape index (κ1) is 20.4. The number of oxime groups is 1. The number of fused-ring (bicyclic) bond motifs is 1. The summed E-state index contributed by atoms with van der Waals surface area (Å²) in [7, 11) is 0. The first-order valence-corrected chi connectivity index (χ1v) is 10.2. The van der Waals surface area contributed by atoms with E-state index in [0.29, 0.717) is 6.61 Å². The van der Waals surface area contributed by atoms with Crippen LogP contribution in [0.25, 0.3) is 0 Å². The normalized spacial score (nSPS) is 17.7. The molecule has 0 saturated heterocycles. The molecule has 0 atom stereocenters. The van der Waals surface area contributed by atoms with E-state index in [0.717, 1.165) is 16.8 Å². The van der Waals surface area contributed by atoms with Gasteiger partial charge in [0, 0.05) is 11.1 Å². The fraction of sp³-hybridized carbons (Fsp3) is 0.423. The van der Waals surface area contributed by atoms with Gasteiger partial charge in [0.1, 0.15) is 12.3 Å². The molecule has 0 heterocycles. The standard InChI is InChI=1S/C26H33NO/c1-8-15-28-27-24(20-11-9-18(2)10-12-20)21-17-23-22(16-19(21)3)25(4,5)13-14-26(23,6)7/h8-12,16-17H,1,13-15H2,2-7H3/b27-24+. The molecule has 0 radical (unpaired) electrons. The van der Waals surface area contributed by atoms with Crippen molar-refractivity contribution in [3.05, 3.63) is 82.4 Å². The van der Waals surface area contributed by atoms with Crippen molar-refractivity contribution in [2.45, 2.75) is 65.2 Å². The zero-order valence-corrected chi connectivity index (χ0v) is 18.2. The summed E-state index contributed by atoms with van der Waals surface area (Å²) in [5.41, 5.74) is 8.87. The molecule has 0 N–H and O–H groups in total. The molecule has 1 aliphatic rings. The van der Waals surface area contributed by atoms with Crippen LogP contribution in [0, 0.1) is 13.8 Å². The third-order valence-corrected chi connectivity index (χ3v) is 6.13. The van der Waals surface area contributed by atoms with Crippen LogP contribution in [0.4, 0.5) is 0 Å². The van der Waals surface area contributed by atoms with Gasteiger partial charge in [-0.3, -0.25) is 0 Å². The first-order chi connectivity index (χ1) is 13.2. The Hall–Kier alpha value is -2.35. The SMILES string of the molecule is C=CCO/N=C(\c1ccc(C)cc1)c1cc2c(cc1C)C(C)(C)CCC2(C)C. The van der Waals surface area contributed by atoms with Gasteiger partial charge >= 0.3 is 0 Å². The number of rotatable bonds is 5. The van der Waals surface area contributed by atoms with E-state index in [4.69, 9.17) is 4.84 Å². The summed E-state index contributed by atoms with van der Waals surface area (Å²) < 4.78 is 0. The quantitative estimate of drug-likeness (QED) is 0.249. The Morgan fingerprint density at radius 1 is 1.00 bits per heavy atom. The number of benzene rings is 2. The average Bonchev–Trinajstić information content (AvgIpc) is 2.64. The maximum Gasteiger partial charge on any atom is 0.135 e. The lowest BCUT2D eigenvalue weighted by atomic mass is 9.62. The Morgan fingerprint density at radius 2 is 1.57 bits per heavy atom. The number of nitrogens with zero attached hydrogens (tertiary/aromatic N) is 1. The smallest absolute Gasteiger partial charge is 0.135 e. The molecule has 0 spiro atoms. The van der Waals surface area contributed by atoms with Gasteiger partial charge in [0.25, 0.3) is 0 Å². The van der Waals surface area contributed by atoms with Crippen LogP contribution in [0.2, 0.25) is 0 Å². The van der Waals surface area contributed by atoms with Crippen molar-refractivity contribution in [1.82, 2.24) is 0 Å². The summed E-state index contributed by atoms with van der Waals surface area (Å²) in [5.74, 6) is 0. The maximum atomic E-state index is 5.55. The molecule has 3 rings (SSSR count). The van der Waals surface area contributed by atoms with Crippen LogP contribution in [-0.4, -0.2) is 12.3 Å². The highest BCUT2D eigenvalue weighted by molar-refractivity contribution is 6.13. The molecule has 0 fully saturated rings. The predicted octanol–water partition coefficient (Wildman–Crippen LogP) is 6.61. The van der Waals surface area contributed by atoms with Gasteiger partial charge in [0.15, 0.2) is 0 Å². The Morgan fingerprint density at radius 3 is 2.14 bits per heavy atom. The van der Waals surface area contributed by atoms with Gasteiger partial charge in [-0.1, -0.05) is 81.4 Å². The van der Waals surface area contributed by atoms with Crippen molar-refractivity contribution in [3.63, 3.8) is 0 Å². The summed E-state index contributed by atoms with van der Waals surface area (Å²) in [6, 6.07) is 13.2. The molecule has 0 saturated carbocycles. The van der Waals surface area contributed by atoms with Gasteiger partial charge in [-0.15, -0.1) is 0 Å². The van der Waals surface area contributed by atoms with Crippen molar-refractivity contribution in [3.8, 4) is 0 Å². The van der Waals surface area contributed by atoms with E-state index in [1.807, 2.05) is 0 Å². The van der Waals surface area contributed by atoms with E-state index >= 15 is 0 Å². The lowest BCUT2D eigenvalue weighted by molar-refractivity contribution is 0.175. The van der Waals surface area contributed by atoms with E-state index < -0.39 is 0 Å². The molecule has 2 nitrogen and oxygen atoms in total. The highest BCUT2D eigenvalue weighted by atomic mass is 16.6. The summed E-state index contributed by atoms with van der Waals surface area (Å²) in [5, 5.41) is 4.52. The molecule has 148 valence electrons. The minimum absolute atomic E-state index is 0.160. The molecule has 0 aliphatic heterocycles. The minimum Gasteiger partial charge on any atom is -0.391 e. The first-order valence-electron chi connectivity index (χ1n) is 10.2. The van der Waals surface area contributed by atoms with Crippen molar-refractivity contribution < 1.29 is 4.84 Å². The summed E-state index contributed by atoms with van der Waals surface area (Å²) in [6.45, 7) is 17.9. The van der Waals surface area contributed by atoms with Crippen molar-refractivity contribution in [1.29, 1.82) is 0 Å². The Balaban J connectivity index is 2.19. The molecule has 2 aromatic carbocycles. The fourth-order valence-corrected chi connectivity index (χ4v) is 4.10. The highest BCUT2D eigenvalue weighted by Gasteiger charge is 2.37. The van der Waals surface area contributed by atoms with Crippen molar-refractivity contribution >= 4 is 5.71 Å². The number of hydrogen-bond donors (Lipinski definition) is 0. The van der Waals surface area contributed by atoms with Gasteiger partial charge in [0.2, 0.25) is 0 Å². The van der Waals surface area contributed by atoms with Crippen LogP contribution in [-0.2, 0) is 15.7 Å². The second-order valence-electron chi connectivity index (χ2n) is 9.37. The average molecular weight is 376 g/mol. The monoisotopic (exact) mass is 375 g/mol. The summed E-state index contributed by atoms with van der Waals surface area (Å²) in [6.07, 6.45) is 4.13. The summed E-state index contributed by atoms with van der Waals surface area (Å²) in [4.78, 5) is 5.55. The maximum absolute atomic E-state index is 5.55. The molecule has 0 bridgehead atoms. The van der Waals surface area contributed by atoms with E-state index in [-0.39, 0.29) is 10.8 Å². The van der Waals surface area contributed by atoms with E-state index in [2.05, 4.69) is 89.7 Å². The highest BCUT2D eigenvalue weighted by Crippen LogP contribution is 2.46. The third-order valence-electron chi connectivity index (χ3n) is 6.13. The topological polar surface area (TPSA) is 21.6 Å². The Bertz CT molecular complexity index is 901. The summed E-state index contributed by atoms with van der Waals surface area (Å²) >= 11 is 0. The third kappa shape index (κ3) is 3.92. The molecule has 0 aromatic heterocycles. The molecular formula is C26H33NO. The number of aryl methyl sites for hydroxylation is 2. The Labute approximate surface area is 170 Å². The molecule has 28 heavy (non-hydrogen) atoms. The molecule has 0 unspecified atom stereocenters. The van der Waals surface area contributed by atoms with Crippen LogP contribution in [0.5, 0.6) is 0 Å². The second-order valence-corrected chi connectivity index (χ2v) is 9.37. The lowest BCUT2D eigenvalue weighted by Crippen LogP contribution is -2.34. The molecular weight excluding hydrogens is 342 g/mol. The predicted molar refractivity (Wildman–Crippen MR) is 119 cm³/mol. The van der Waals surface area contributed by atoms with Gasteiger partial charge < -0.3 is 4.84 Å². The van der Waals surface area contributed by atoms with E-state index in [1.54, 1.807) is 6.08 Å². The van der Waals surface area contributed by atoms with Gasteiger partial charge in [0.05, 0.1) is 0 Å². The fourth-order valence-electron chi connectivity index (χ4n) is 4.10. The zero-order valence-electron chi connectivity index (χ0n) is 18.2. The largest absolute Gasteiger partial charge is 0.391 e. The van der Waals surface area contributed by atoms with Crippen molar-refractivity contribution in [2.75, 3.05) is 6.61 Å². The van der Waals surface area contributed by atoms with Gasteiger partial charge in [-0.2, -0.15) is 0 Å². The molecule has 2 aromatic rings. The van der Waals surface area contributed by atoms with Crippen molar-refractivity contribution in [2.24, 2.45) is 5.16 Å². The second kappa shape index (κ2) is 7.58. The van der Waals surface area contributed by atoms with Crippen LogP contribution < -0.4 is 0 Å². The van der Waals surface area contributed by atoms with Crippen LogP contribution in [0.15, 0.2) is 54.2 Å². The van der Waals surface area contributed by atoms with E-state index in [9.17, 15) is 0 Å². The Kier molecular flexibility index (Phi) is 5.52. The molecule has 0 amide bonds. The van der Waals surface area contributed by atoms with Crippen LogP contribution >= 0.6 is 0 Å². The van der Waals surface area contributed by atoms with Gasteiger partial charge in [-0.05, 0) is 60.3 Å². The lowest BCUT2D eigenvalue weighted by Gasteiger charge is -2.42. The van der Waals surface area contributed by atoms with E-state index in [1.165, 1.54) is 35.1 Å². The van der Waals surface area contributed by atoms with Crippen LogP contribution in [0.1, 0.15) is 73.9 Å². The number of hydrogen-bond acceptors (Lipinski definition) is 2. The van der Waals surface area contributed by atoms with Gasteiger partial charge in [-0.25, -0.2) is 0 Å².